The Morgan fingerprint density at radius 3 is 1.88 bits per heavy atom. The van der Waals surface area contributed by atoms with Crippen molar-refractivity contribution >= 4 is 63.2 Å². The second kappa shape index (κ2) is 18.5. The van der Waals surface area contributed by atoms with E-state index >= 15 is 0 Å². The zero-order valence-electron chi connectivity index (χ0n) is 13.6. The second-order valence-electron chi connectivity index (χ2n) is 3.87. The molecule has 0 bridgehead atoms. The standard InChI is InChI=1S/C3H4N2.C3H6O4S.C3H8O2.CH2Cl2.Cl2O2S/c1-2-5-3-4-1;1-3-2-6-8(4,5)7-3;1-3(5)2-4;2-1-3;1-5(2,3)4/h1-3H,(H,4,5);3H,2H2,1H3;3-5H,2H2,1H3;1H2;. The molecule has 26 heavy (non-hydrogen) atoms. The predicted octanol–water partition coefficient (Wildman–Crippen LogP) is 1.57. The van der Waals surface area contributed by atoms with Gasteiger partial charge in [0.1, 0.15) is 6.10 Å². The Morgan fingerprint density at radius 2 is 1.81 bits per heavy atom. The van der Waals surface area contributed by atoms with Gasteiger partial charge in [0.2, 0.25) is 0 Å². The van der Waals surface area contributed by atoms with Gasteiger partial charge in [-0.2, -0.15) is 16.8 Å². The van der Waals surface area contributed by atoms with Crippen molar-refractivity contribution in [3.05, 3.63) is 18.7 Å². The minimum atomic E-state index is -3.72. The van der Waals surface area contributed by atoms with E-state index in [1.54, 1.807) is 25.6 Å². The number of halogens is 4. The number of aromatic nitrogens is 2. The summed E-state index contributed by atoms with van der Waals surface area (Å²) in [5.74, 6) is 0. The van der Waals surface area contributed by atoms with Gasteiger partial charge in [-0.3, -0.25) is 0 Å². The van der Waals surface area contributed by atoms with E-state index in [1.807, 2.05) is 0 Å². The molecule has 158 valence electrons. The molecular formula is C10H20Cl4N2O8S2. The summed E-state index contributed by atoms with van der Waals surface area (Å²) in [6.07, 6.45) is 4.20. The van der Waals surface area contributed by atoms with Crippen molar-refractivity contribution in [3.8, 4) is 0 Å². The Morgan fingerprint density at radius 1 is 1.38 bits per heavy atom. The van der Waals surface area contributed by atoms with Gasteiger partial charge in [-0.05, 0) is 13.8 Å². The van der Waals surface area contributed by atoms with Crippen molar-refractivity contribution in [1.82, 2.24) is 9.97 Å². The van der Waals surface area contributed by atoms with Gasteiger partial charge < -0.3 is 15.2 Å². The summed E-state index contributed by atoms with van der Waals surface area (Å²) in [5, 5.41) is 16.2. The van der Waals surface area contributed by atoms with Gasteiger partial charge >= 0.3 is 18.7 Å². The second-order valence-corrected chi connectivity index (χ2v) is 9.59. The summed E-state index contributed by atoms with van der Waals surface area (Å²) < 4.78 is 47.2. The number of hydrogen-bond acceptors (Lipinski definition) is 9. The largest absolute Gasteiger partial charge is 0.400 e. The fraction of sp³-hybridized carbons (Fsp3) is 0.700. The van der Waals surface area contributed by atoms with E-state index in [0.717, 1.165) is 0 Å². The van der Waals surface area contributed by atoms with Gasteiger partial charge in [0.25, 0.3) is 0 Å². The highest BCUT2D eigenvalue weighted by molar-refractivity contribution is 8.31. The van der Waals surface area contributed by atoms with E-state index in [1.165, 1.54) is 6.92 Å². The van der Waals surface area contributed by atoms with Crippen LogP contribution < -0.4 is 0 Å². The highest BCUT2D eigenvalue weighted by Gasteiger charge is 2.25. The molecule has 2 atom stereocenters. The summed E-state index contributed by atoms with van der Waals surface area (Å²) in [4.78, 5) is 6.42. The molecule has 2 heterocycles. The molecule has 3 N–H and O–H groups in total. The summed E-state index contributed by atoms with van der Waals surface area (Å²) in [5.41, 5.74) is 0. The number of hydrogen-bond donors (Lipinski definition) is 3. The van der Waals surface area contributed by atoms with Crippen molar-refractivity contribution in [2.45, 2.75) is 26.1 Å². The van der Waals surface area contributed by atoms with E-state index < -0.39 is 24.8 Å². The molecule has 2 rings (SSSR count). The molecule has 0 amide bonds. The molecule has 0 spiro atoms. The molecule has 0 aromatic carbocycles. The Balaban J connectivity index is -0.000000265. The van der Waals surface area contributed by atoms with E-state index in [2.05, 4.69) is 39.7 Å². The fourth-order valence-electron chi connectivity index (χ4n) is 0.651. The van der Waals surface area contributed by atoms with Crippen LogP contribution in [0.3, 0.4) is 0 Å². The van der Waals surface area contributed by atoms with E-state index in [0.29, 0.717) is 0 Å². The third-order valence-corrected chi connectivity index (χ3v) is 2.39. The fourth-order valence-corrected chi connectivity index (χ4v) is 1.52. The third kappa shape index (κ3) is 39.3. The lowest BCUT2D eigenvalue weighted by atomic mass is 10.5. The average Bonchev–Trinajstić information content (AvgIpc) is 3.12. The summed E-state index contributed by atoms with van der Waals surface area (Å²) in [6, 6.07) is 0. The third-order valence-electron chi connectivity index (χ3n) is 1.40. The number of aliphatic hydroxyl groups excluding tert-OH is 2. The maximum absolute atomic E-state index is 10.2. The quantitative estimate of drug-likeness (QED) is 0.383. The minimum Gasteiger partial charge on any atom is -0.394 e. The highest BCUT2D eigenvalue weighted by atomic mass is 36.0. The van der Waals surface area contributed by atoms with Gasteiger partial charge in [-0.25, -0.2) is 13.4 Å². The van der Waals surface area contributed by atoms with Crippen molar-refractivity contribution in [1.29, 1.82) is 0 Å². The minimum absolute atomic E-state index is 0.139. The van der Waals surface area contributed by atoms with Crippen LogP contribution in [-0.4, -0.2) is 67.8 Å². The smallest absolute Gasteiger partial charge is 0.394 e. The normalized spacial score (nSPS) is 18.2. The van der Waals surface area contributed by atoms with Crippen LogP contribution in [-0.2, 0) is 27.0 Å². The van der Waals surface area contributed by atoms with Crippen LogP contribution in [0.5, 0.6) is 0 Å². The van der Waals surface area contributed by atoms with Crippen LogP contribution in [0.1, 0.15) is 13.8 Å². The summed E-state index contributed by atoms with van der Waals surface area (Å²) in [6.45, 7) is 3.16. The van der Waals surface area contributed by atoms with Crippen molar-refractivity contribution in [2.75, 3.05) is 18.6 Å². The van der Waals surface area contributed by atoms with Crippen LogP contribution in [0, 0.1) is 0 Å². The first-order valence-corrected chi connectivity index (χ1v) is 11.9. The summed E-state index contributed by atoms with van der Waals surface area (Å²) >= 11 is 9.53. The lowest BCUT2D eigenvalue weighted by Crippen LogP contribution is -2.03. The molecule has 0 saturated carbocycles. The molecule has 1 aromatic heterocycles. The summed E-state index contributed by atoms with van der Waals surface area (Å²) in [7, 11) is 1.22. The van der Waals surface area contributed by atoms with E-state index in [4.69, 9.17) is 41.8 Å². The van der Waals surface area contributed by atoms with Crippen LogP contribution in [0.2, 0.25) is 0 Å². The number of nitrogens with one attached hydrogen (secondary N) is 1. The number of aliphatic hydroxyl groups is 2. The monoisotopic (exact) mass is 500 g/mol. The van der Waals surface area contributed by atoms with Crippen molar-refractivity contribution in [2.24, 2.45) is 0 Å². The number of nitrogens with zero attached hydrogens (tertiary/aromatic N) is 1. The molecule has 1 aromatic rings. The first kappa shape index (κ1) is 30.8. The first-order valence-electron chi connectivity index (χ1n) is 6.34. The highest BCUT2D eigenvalue weighted by Crippen LogP contribution is 2.10. The lowest BCUT2D eigenvalue weighted by molar-refractivity contribution is 0.110. The number of H-pyrrole nitrogens is 1. The molecular weight excluding hydrogens is 482 g/mol. The maximum atomic E-state index is 10.2. The maximum Gasteiger partial charge on any atom is 0.400 e. The zero-order chi connectivity index (χ0) is 21.2. The SMILES string of the molecule is CC(O)CO.CC1COS(=O)(=O)O1.ClCCl.O=S(=O)(Cl)Cl.c1c[nH]cn1. The molecule has 0 radical (unpaired) electrons. The van der Waals surface area contributed by atoms with Crippen LogP contribution >= 0.6 is 44.6 Å². The van der Waals surface area contributed by atoms with Gasteiger partial charge in [0.15, 0.2) is 0 Å². The number of alkyl halides is 2. The number of imidazole rings is 1. The van der Waals surface area contributed by atoms with Gasteiger partial charge in [0, 0.05) is 33.8 Å². The Kier molecular flexibility index (Phi) is 21.9. The lowest BCUT2D eigenvalue weighted by Gasteiger charge is -1.90. The van der Waals surface area contributed by atoms with Crippen LogP contribution in [0.15, 0.2) is 18.7 Å². The van der Waals surface area contributed by atoms with E-state index in [9.17, 15) is 8.42 Å². The molecule has 10 nitrogen and oxygen atoms in total. The van der Waals surface area contributed by atoms with Crippen LogP contribution in [0.4, 0.5) is 0 Å². The molecule has 1 fully saturated rings. The molecule has 1 saturated heterocycles. The van der Waals surface area contributed by atoms with Crippen LogP contribution in [0.25, 0.3) is 0 Å². The average molecular weight is 502 g/mol. The number of rotatable bonds is 1. The van der Waals surface area contributed by atoms with Gasteiger partial charge in [-0.15, -0.1) is 23.2 Å². The van der Waals surface area contributed by atoms with E-state index in [-0.39, 0.29) is 24.7 Å². The Hall–Kier alpha value is 0.110. The number of aromatic amines is 1. The molecule has 2 unspecified atom stereocenters. The molecule has 0 aliphatic carbocycles. The Labute approximate surface area is 171 Å². The van der Waals surface area contributed by atoms with Crippen molar-refractivity contribution in [3.63, 3.8) is 0 Å². The van der Waals surface area contributed by atoms with Gasteiger partial charge in [-0.1, -0.05) is 0 Å². The van der Waals surface area contributed by atoms with Crippen molar-refractivity contribution < 1.29 is 35.4 Å². The molecule has 1 aliphatic heterocycles. The topological polar surface area (TPSA) is 156 Å². The first-order chi connectivity index (χ1) is 11.8. The Bertz CT molecular complexity index is 573. The molecule has 16 heteroatoms. The molecule has 1 aliphatic rings. The zero-order valence-corrected chi connectivity index (χ0v) is 18.3. The van der Waals surface area contributed by atoms with Gasteiger partial charge in [0.05, 0.1) is 31.0 Å². The predicted molar refractivity (Wildman–Crippen MR) is 100.0 cm³/mol.